The van der Waals surface area contributed by atoms with Crippen molar-refractivity contribution < 1.29 is 13.2 Å². The molecule has 1 aromatic rings. The van der Waals surface area contributed by atoms with E-state index in [1.54, 1.807) is 19.2 Å². The second-order valence-electron chi connectivity index (χ2n) is 3.23. The Labute approximate surface area is 96.8 Å². The molecular weight excluding hydrogens is 280 g/mol. The van der Waals surface area contributed by atoms with E-state index in [0.29, 0.717) is 17.1 Å². The summed E-state index contributed by atoms with van der Waals surface area (Å²) in [5.74, 6) is 0. The minimum absolute atomic E-state index is 0.300. The van der Waals surface area contributed by atoms with E-state index >= 15 is 0 Å². The molecular formula is C10H9BrO3S. The van der Waals surface area contributed by atoms with E-state index in [9.17, 15) is 8.42 Å². The van der Waals surface area contributed by atoms with Gasteiger partial charge in [0.05, 0.1) is 11.5 Å². The predicted octanol–water partition coefficient (Wildman–Crippen LogP) is 2.22. The SMILES string of the molecule is COCC1=CS(=O)(=O)c2cccc(Br)c21. The largest absolute Gasteiger partial charge is 0.380 e. The fourth-order valence-corrected chi connectivity index (χ4v) is 3.86. The summed E-state index contributed by atoms with van der Waals surface area (Å²) < 4.78 is 29.2. The first-order chi connectivity index (χ1) is 7.06. The Bertz CT molecular complexity index is 532. The summed E-state index contributed by atoms with van der Waals surface area (Å²) >= 11 is 3.35. The molecule has 2 rings (SSSR count). The minimum Gasteiger partial charge on any atom is -0.380 e. The van der Waals surface area contributed by atoms with E-state index in [0.717, 1.165) is 10.0 Å². The Balaban J connectivity index is 2.69. The molecule has 80 valence electrons. The molecule has 0 N–H and O–H groups in total. The number of halogens is 1. The van der Waals surface area contributed by atoms with Crippen LogP contribution in [0, 0.1) is 0 Å². The lowest BCUT2D eigenvalue weighted by atomic mass is 10.1. The van der Waals surface area contributed by atoms with Crippen LogP contribution < -0.4 is 0 Å². The van der Waals surface area contributed by atoms with Crippen molar-refractivity contribution in [3.05, 3.63) is 33.6 Å². The Hall–Kier alpha value is -0.650. The van der Waals surface area contributed by atoms with Gasteiger partial charge in [-0.1, -0.05) is 22.0 Å². The van der Waals surface area contributed by atoms with Gasteiger partial charge in [-0.3, -0.25) is 0 Å². The molecule has 0 spiro atoms. The molecule has 0 aliphatic carbocycles. The molecule has 15 heavy (non-hydrogen) atoms. The quantitative estimate of drug-likeness (QED) is 0.838. The first kappa shape index (κ1) is 10.9. The van der Waals surface area contributed by atoms with E-state index in [1.807, 2.05) is 6.07 Å². The zero-order chi connectivity index (χ0) is 11.1. The number of hydrogen-bond donors (Lipinski definition) is 0. The Morgan fingerprint density at radius 2 is 2.13 bits per heavy atom. The van der Waals surface area contributed by atoms with Crippen LogP contribution in [0.25, 0.3) is 5.57 Å². The summed E-state index contributed by atoms with van der Waals surface area (Å²) in [4.78, 5) is 0.351. The van der Waals surface area contributed by atoms with Crippen LogP contribution in [0.1, 0.15) is 5.56 Å². The fraction of sp³-hybridized carbons (Fsp3) is 0.200. The third-order valence-electron chi connectivity index (χ3n) is 2.20. The van der Waals surface area contributed by atoms with Crippen LogP contribution in [0.2, 0.25) is 0 Å². The number of ether oxygens (including phenoxy) is 1. The summed E-state index contributed by atoms with van der Waals surface area (Å²) in [5.41, 5.74) is 1.42. The van der Waals surface area contributed by atoms with E-state index in [2.05, 4.69) is 15.9 Å². The molecule has 0 unspecified atom stereocenters. The first-order valence-corrected chi connectivity index (χ1v) is 6.63. The lowest BCUT2D eigenvalue weighted by molar-refractivity contribution is 0.239. The number of methoxy groups -OCH3 is 1. The number of benzene rings is 1. The molecule has 0 radical (unpaired) electrons. The second-order valence-corrected chi connectivity index (χ2v) is 5.85. The molecule has 1 heterocycles. The maximum Gasteiger partial charge on any atom is 0.200 e. The lowest BCUT2D eigenvalue weighted by Crippen LogP contribution is -1.94. The molecule has 0 aromatic heterocycles. The van der Waals surface area contributed by atoms with Crippen LogP contribution in [0.4, 0.5) is 0 Å². The van der Waals surface area contributed by atoms with Gasteiger partial charge in [-0.2, -0.15) is 0 Å². The summed E-state index contributed by atoms with van der Waals surface area (Å²) in [6, 6.07) is 5.14. The van der Waals surface area contributed by atoms with Crippen LogP contribution in [0.15, 0.2) is 33.0 Å². The zero-order valence-corrected chi connectivity index (χ0v) is 10.4. The highest BCUT2D eigenvalue weighted by molar-refractivity contribution is 9.10. The monoisotopic (exact) mass is 288 g/mol. The summed E-state index contributed by atoms with van der Waals surface area (Å²) in [6.07, 6.45) is 0. The van der Waals surface area contributed by atoms with Crippen LogP contribution >= 0.6 is 15.9 Å². The average Bonchev–Trinajstić information content (AvgIpc) is 2.41. The fourth-order valence-electron chi connectivity index (χ4n) is 1.62. The number of hydrogen-bond acceptors (Lipinski definition) is 3. The molecule has 0 amide bonds. The topological polar surface area (TPSA) is 43.4 Å². The normalized spacial score (nSPS) is 17.3. The van der Waals surface area contributed by atoms with Gasteiger partial charge in [0.25, 0.3) is 0 Å². The second kappa shape index (κ2) is 3.73. The third-order valence-corrected chi connectivity index (χ3v) is 4.41. The van der Waals surface area contributed by atoms with Gasteiger partial charge in [0.15, 0.2) is 0 Å². The summed E-state index contributed by atoms with van der Waals surface area (Å²) in [5, 5.41) is 1.27. The van der Waals surface area contributed by atoms with Gasteiger partial charge in [-0.15, -0.1) is 0 Å². The summed E-state index contributed by atoms with van der Waals surface area (Å²) in [7, 11) is -1.73. The third kappa shape index (κ3) is 1.75. The highest BCUT2D eigenvalue weighted by Crippen LogP contribution is 2.37. The molecule has 1 aliphatic heterocycles. The molecule has 0 atom stereocenters. The van der Waals surface area contributed by atoms with Gasteiger partial charge in [-0.05, 0) is 17.7 Å². The standard InChI is InChI=1S/C10H9BrO3S/c1-14-5-7-6-15(12,13)9-4-2-3-8(11)10(7)9/h2-4,6H,5H2,1H3. The highest BCUT2D eigenvalue weighted by atomic mass is 79.9. The van der Waals surface area contributed by atoms with Crippen molar-refractivity contribution in [2.45, 2.75) is 4.90 Å². The maximum absolute atomic E-state index is 11.7. The minimum atomic E-state index is -3.27. The smallest absolute Gasteiger partial charge is 0.200 e. The van der Waals surface area contributed by atoms with Crippen molar-refractivity contribution in [1.82, 2.24) is 0 Å². The molecule has 0 bridgehead atoms. The molecule has 3 nitrogen and oxygen atoms in total. The number of fused-ring (bicyclic) bond motifs is 1. The Morgan fingerprint density at radius 1 is 1.40 bits per heavy atom. The van der Waals surface area contributed by atoms with Crippen LogP contribution in [-0.2, 0) is 14.6 Å². The zero-order valence-electron chi connectivity index (χ0n) is 8.03. The van der Waals surface area contributed by atoms with Gasteiger partial charge in [0, 0.05) is 22.6 Å². The Morgan fingerprint density at radius 3 is 2.80 bits per heavy atom. The molecule has 0 saturated carbocycles. The van der Waals surface area contributed by atoms with E-state index < -0.39 is 9.84 Å². The van der Waals surface area contributed by atoms with Crippen molar-refractivity contribution >= 4 is 31.3 Å². The molecule has 1 aliphatic rings. The molecule has 1 aromatic carbocycles. The maximum atomic E-state index is 11.7. The van der Waals surface area contributed by atoms with Gasteiger partial charge in [0.1, 0.15) is 0 Å². The van der Waals surface area contributed by atoms with Gasteiger partial charge < -0.3 is 4.74 Å². The van der Waals surface area contributed by atoms with Crippen molar-refractivity contribution in [2.75, 3.05) is 13.7 Å². The van der Waals surface area contributed by atoms with Crippen LogP contribution in [0.5, 0.6) is 0 Å². The number of rotatable bonds is 2. The Kier molecular flexibility index (Phi) is 2.70. The van der Waals surface area contributed by atoms with E-state index in [1.165, 1.54) is 5.41 Å². The molecule has 0 saturated heterocycles. The predicted molar refractivity (Wildman–Crippen MR) is 61.2 cm³/mol. The van der Waals surface area contributed by atoms with Crippen molar-refractivity contribution in [3.63, 3.8) is 0 Å². The van der Waals surface area contributed by atoms with Crippen LogP contribution in [-0.4, -0.2) is 22.1 Å². The first-order valence-electron chi connectivity index (χ1n) is 4.30. The van der Waals surface area contributed by atoms with Crippen LogP contribution in [0.3, 0.4) is 0 Å². The van der Waals surface area contributed by atoms with E-state index in [4.69, 9.17) is 4.74 Å². The number of sulfone groups is 1. The van der Waals surface area contributed by atoms with Gasteiger partial charge in [0.2, 0.25) is 9.84 Å². The van der Waals surface area contributed by atoms with Crippen molar-refractivity contribution in [3.8, 4) is 0 Å². The van der Waals surface area contributed by atoms with Gasteiger partial charge in [-0.25, -0.2) is 8.42 Å². The van der Waals surface area contributed by atoms with E-state index in [-0.39, 0.29) is 0 Å². The highest BCUT2D eigenvalue weighted by Gasteiger charge is 2.28. The summed E-state index contributed by atoms with van der Waals surface area (Å²) in [6.45, 7) is 0.300. The van der Waals surface area contributed by atoms with Crippen molar-refractivity contribution in [2.24, 2.45) is 0 Å². The van der Waals surface area contributed by atoms with Gasteiger partial charge >= 0.3 is 0 Å². The lowest BCUT2D eigenvalue weighted by Gasteiger charge is -2.05. The molecule has 5 heteroatoms. The van der Waals surface area contributed by atoms with Crippen molar-refractivity contribution in [1.29, 1.82) is 0 Å². The molecule has 0 fully saturated rings. The average molecular weight is 289 g/mol.